The van der Waals surface area contributed by atoms with Crippen molar-refractivity contribution in [2.45, 2.75) is 25.4 Å². The van der Waals surface area contributed by atoms with Gasteiger partial charge in [-0.1, -0.05) is 18.2 Å². The molecule has 0 saturated carbocycles. The minimum Gasteiger partial charge on any atom is -0.350 e. The Hall–Kier alpha value is -1.32. The standard InChI is InChI=1S/C14H21N3/c1-14(2,15)13(16-3)11-9-17(4)12-8-6-5-7-10(11)12/h5-9,13,16H,15H2,1-4H3. The summed E-state index contributed by atoms with van der Waals surface area (Å²) in [5.74, 6) is 0. The van der Waals surface area contributed by atoms with Crippen molar-refractivity contribution >= 4 is 10.9 Å². The van der Waals surface area contributed by atoms with Crippen molar-refractivity contribution in [3.8, 4) is 0 Å². The van der Waals surface area contributed by atoms with E-state index in [4.69, 9.17) is 5.73 Å². The molecule has 2 aromatic rings. The molecule has 0 spiro atoms. The Bertz CT molecular complexity index is 520. The number of rotatable bonds is 3. The predicted octanol–water partition coefficient (Wildman–Crippen LogP) is 2.18. The van der Waals surface area contributed by atoms with Gasteiger partial charge >= 0.3 is 0 Å². The van der Waals surface area contributed by atoms with Crippen molar-refractivity contribution in [1.29, 1.82) is 0 Å². The van der Waals surface area contributed by atoms with Crippen LogP contribution in [0.3, 0.4) is 0 Å². The Morgan fingerprint density at radius 2 is 1.94 bits per heavy atom. The zero-order valence-corrected chi connectivity index (χ0v) is 11.0. The maximum absolute atomic E-state index is 6.25. The summed E-state index contributed by atoms with van der Waals surface area (Å²) in [5.41, 5.74) is 8.46. The number of likely N-dealkylation sites (N-methyl/N-ethyl adjacent to an activating group) is 1. The highest BCUT2D eigenvalue weighted by atomic mass is 15.0. The van der Waals surface area contributed by atoms with Gasteiger partial charge in [-0.25, -0.2) is 0 Å². The maximum atomic E-state index is 6.25. The average Bonchev–Trinajstić information content (AvgIpc) is 2.56. The van der Waals surface area contributed by atoms with Crippen LogP contribution in [0.5, 0.6) is 0 Å². The van der Waals surface area contributed by atoms with E-state index in [0.29, 0.717) is 0 Å². The molecular weight excluding hydrogens is 210 g/mol. The SMILES string of the molecule is CNC(c1cn(C)c2ccccc12)C(C)(C)N. The lowest BCUT2D eigenvalue weighted by Crippen LogP contribution is -2.45. The van der Waals surface area contributed by atoms with Gasteiger partial charge in [-0.15, -0.1) is 0 Å². The predicted molar refractivity (Wildman–Crippen MR) is 73.0 cm³/mol. The van der Waals surface area contributed by atoms with Gasteiger partial charge in [0.05, 0.1) is 6.04 Å². The summed E-state index contributed by atoms with van der Waals surface area (Å²) in [7, 11) is 4.03. The van der Waals surface area contributed by atoms with Gasteiger partial charge in [0.1, 0.15) is 0 Å². The van der Waals surface area contributed by atoms with Gasteiger partial charge in [0.15, 0.2) is 0 Å². The fourth-order valence-electron chi connectivity index (χ4n) is 2.53. The number of hydrogen-bond acceptors (Lipinski definition) is 2. The molecule has 1 heterocycles. The summed E-state index contributed by atoms with van der Waals surface area (Å²) in [6.07, 6.45) is 2.17. The molecular formula is C14H21N3. The first-order valence-electron chi connectivity index (χ1n) is 5.95. The number of nitrogens with zero attached hydrogens (tertiary/aromatic N) is 1. The molecule has 1 aromatic heterocycles. The fourth-order valence-corrected chi connectivity index (χ4v) is 2.53. The van der Waals surface area contributed by atoms with E-state index in [-0.39, 0.29) is 11.6 Å². The van der Waals surface area contributed by atoms with Crippen molar-refractivity contribution in [1.82, 2.24) is 9.88 Å². The third kappa shape index (κ3) is 2.08. The van der Waals surface area contributed by atoms with Crippen LogP contribution in [-0.2, 0) is 7.05 Å². The largest absolute Gasteiger partial charge is 0.350 e. The first-order valence-corrected chi connectivity index (χ1v) is 5.95. The highest BCUT2D eigenvalue weighted by molar-refractivity contribution is 5.84. The highest BCUT2D eigenvalue weighted by Gasteiger charge is 2.27. The lowest BCUT2D eigenvalue weighted by atomic mass is 9.89. The van der Waals surface area contributed by atoms with Crippen LogP contribution in [0.15, 0.2) is 30.5 Å². The molecule has 0 aliphatic carbocycles. The second-order valence-electron chi connectivity index (χ2n) is 5.26. The fraction of sp³-hybridized carbons (Fsp3) is 0.429. The number of hydrogen-bond donors (Lipinski definition) is 2. The van der Waals surface area contributed by atoms with E-state index in [9.17, 15) is 0 Å². The summed E-state index contributed by atoms with van der Waals surface area (Å²) >= 11 is 0. The molecule has 0 radical (unpaired) electrons. The van der Waals surface area contributed by atoms with Crippen molar-refractivity contribution in [2.75, 3.05) is 7.05 Å². The first-order chi connectivity index (χ1) is 7.95. The van der Waals surface area contributed by atoms with Crippen LogP contribution in [0.1, 0.15) is 25.5 Å². The number of para-hydroxylation sites is 1. The van der Waals surface area contributed by atoms with E-state index in [1.165, 1.54) is 16.5 Å². The van der Waals surface area contributed by atoms with Crippen molar-refractivity contribution in [3.05, 3.63) is 36.0 Å². The number of benzene rings is 1. The Kier molecular flexibility index (Phi) is 2.98. The molecule has 1 atom stereocenters. The molecule has 1 unspecified atom stereocenters. The van der Waals surface area contributed by atoms with E-state index in [1.807, 2.05) is 7.05 Å². The number of aryl methyl sites for hydroxylation is 1. The van der Waals surface area contributed by atoms with Crippen LogP contribution < -0.4 is 11.1 Å². The van der Waals surface area contributed by atoms with Gasteiger partial charge in [0.2, 0.25) is 0 Å². The topological polar surface area (TPSA) is 43.0 Å². The molecule has 0 aliphatic heterocycles. The summed E-state index contributed by atoms with van der Waals surface area (Å²) < 4.78 is 2.15. The summed E-state index contributed by atoms with van der Waals surface area (Å²) in [4.78, 5) is 0. The van der Waals surface area contributed by atoms with Crippen molar-refractivity contribution < 1.29 is 0 Å². The molecule has 0 aliphatic rings. The highest BCUT2D eigenvalue weighted by Crippen LogP contribution is 2.30. The van der Waals surface area contributed by atoms with Crippen LogP contribution in [0.4, 0.5) is 0 Å². The molecule has 92 valence electrons. The molecule has 3 N–H and O–H groups in total. The smallest absolute Gasteiger partial charge is 0.0516 e. The minimum absolute atomic E-state index is 0.147. The van der Waals surface area contributed by atoms with Crippen LogP contribution in [-0.4, -0.2) is 17.2 Å². The molecule has 3 nitrogen and oxygen atoms in total. The third-order valence-electron chi connectivity index (χ3n) is 3.27. The maximum Gasteiger partial charge on any atom is 0.0516 e. The Labute approximate surface area is 103 Å². The van der Waals surface area contributed by atoms with Crippen molar-refractivity contribution in [2.24, 2.45) is 12.8 Å². The quantitative estimate of drug-likeness (QED) is 0.850. The van der Waals surface area contributed by atoms with E-state index >= 15 is 0 Å². The second-order valence-corrected chi connectivity index (χ2v) is 5.26. The monoisotopic (exact) mass is 231 g/mol. The third-order valence-corrected chi connectivity index (χ3v) is 3.27. The molecule has 0 amide bonds. The second kappa shape index (κ2) is 4.17. The Balaban J connectivity index is 2.62. The van der Waals surface area contributed by atoms with Gasteiger partial charge in [-0.05, 0) is 32.5 Å². The van der Waals surface area contributed by atoms with E-state index in [2.05, 4.69) is 61.2 Å². The summed E-state index contributed by atoms with van der Waals surface area (Å²) in [5, 5.41) is 4.60. The van der Waals surface area contributed by atoms with Crippen LogP contribution in [0.2, 0.25) is 0 Å². The lowest BCUT2D eigenvalue weighted by molar-refractivity contribution is 0.371. The zero-order chi connectivity index (χ0) is 12.6. The van der Waals surface area contributed by atoms with E-state index < -0.39 is 0 Å². The molecule has 0 saturated heterocycles. The molecule has 3 heteroatoms. The van der Waals surface area contributed by atoms with Crippen LogP contribution >= 0.6 is 0 Å². The number of fused-ring (bicyclic) bond motifs is 1. The van der Waals surface area contributed by atoms with E-state index in [0.717, 1.165) is 0 Å². The Morgan fingerprint density at radius 1 is 1.29 bits per heavy atom. The molecule has 0 fully saturated rings. The normalized spacial score (nSPS) is 14.2. The van der Waals surface area contributed by atoms with Gasteiger partial charge < -0.3 is 15.6 Å². The molecule has 2 rings (SSSR count). The number of nitrogens with two attached hydrogens (primary N) is 1. The van der Waals surface area contributed by atoms with Crippen molar-refractivity contribution in [3.63, 3.8) is 0 Å². The zero-order valence-electron chi connectivity index (χ0n) is 11.0. The lowest BCUT2D eigenvalue weighted by Gasteiger charge is -2.30. The first kappa shape index (κ1) is 12.1. The van der Waals surface area contributed by atoms with Gasteiger partial charge in [0, 0.05) is 29.7 Å². The summed E-state index contributed by atoms with van der Waals surface area (Å²) in [6.45, 7) is 4.10. The van der Waals surface area contributed by atoms with Gasteiger partial charge in [0.25, 0.3) is 0 Å². The Morgan fingerprint density at radius 3 is 2.53 bits per heavy atom. The van der Waals surface area contributed by atoms with Crippen LogP contribution in [0.25, 0.3) is 10.9 Å². The molecule has 0 bridgehead atoms. The molecule has 17 heavy (non-hydrogen) atoms. The average molecular weight is 231 g/mol. The number of aromatic nitrogens is 1. The molecule has 1 aromatic carbocycles. The van der Waals surface area contributed by atoms with Crippen LogP contribution in [0, 0.1) is 0 Å². The van der Waals surface area contributed by atoms with E-state index in [1.54, 1.807) is 0 Å². The van der Waals surface area contributed by atoms with Gasteiger partial charge in [-0.3, -0.25) is 0 Å². The summed E-state index contributed by atoms with van der Waals surface area (Å²) in [6, 6.07) is 8.57. The van der Waals surface area contributed by atoms with Gasteiger partial charge in [-0.2, -0.15) is 0 Å². The number of nitrogens with one attached hydrogen (secondary N) is 1. The minimum atomic E-state index is -0.293.